The Hall–Kier alpha value is -1.62. The minimum atomic E-state index is -0.339. The summed E-state index contributed by atoms with van der Waals surface area (Å²) in [5, 5.41) is 1.79. The molecule has 5 heteroatoms. The Labute approximate surface area is 110 Å². The summed E-state index contributed by atoms with van der Waals surface area (Å²) in [6.45, 7) is 4.10. The number of primary amides is 1. The molecule has 2 N–H and O–H groups in total. The Kier molecular flexibility index (Phi) is 3.81. The molecule has 94 valence electrons. The first-order chi connectivity index (χ1) is 8.58. The molecule has 0 saturated carbocycles. The van der Waals surface area contributed by atoms with E-state index in [1.54, 1.807) is 0 Å². The fourth-order valence-corrected chi connectivity index (χ4v) is 2.34. The third-order valence-corrected chi connectivity index (χ3v) is 3.47. The van der Waals surface area contributed by atoms with Crippen LogP contribution in [0, 0.1) is 0 Å². The second-order valence-electron chi connectivity index (χ2n) is 4.31. The van der Waals surface area contributed by atoms with E-state index in [9.17, 15) is 4.79 Å². The maximum atomic E-state index is 10.9. The van der Waals surface area contributed by atoms with Crippen molar-refractivity contribution in [1.29, 1.82) is 0 Å². The maximum Gasteiger partial charge on any atom is 0.227 e. The third kappa shape index (κ3) is 2.79. The number of para-hydroxylation sites is 1. The number of aromatic nitrogens is 2. The molecule has 0 aliphatic heterocycles. The summed E-state index contributed by atoms with van der Waals surface area (Å²) in [5.74, 6) is 0.940. The van der Waals surface area contributed by atoms with Crippen molar-refractivity contribution in [2.45, 2.75) is 24.8 Å². The van der Waals surface area contributed by atoms with E-state index in [4.69, 9.17) is 5.73 Å². The van der Waals surface area contributed by atoms with Gasteiger partial charge in [0.05, 0.1) is 11.3 Å². The monoisotopic (exact) mass is 261 g/mol. The van der Waals surface area contributed by atoms with Crippen LogP contribution in [-0.4, -0.2) is 21.6 Å². The molecular formula is C13H15N3OS. The minimum absolute atomic E-state index is 0.235. The highest BCUT2D eigenvalue weighted by atomic mass is 32.2. The van der Waals surface area contributed by atoms with Gasteiger partial charge in [-0.2, -0.15) is 0 Å². The van der Waals surface area contributed by atoms with Gasteiger partial charge in [-0.15, -0.1) is 0 Å². The highest BCUT2D eigenvalue weighted by molar-refractivity contribution is 8.00. The van der Waals surface area contributed by atoms with Crippen LogP contribution in [0.1, 0.15) is 25.6 Å². The Balaban J connectivity index is 2.50. The van der Waals surface area contributed by atoms with Gasteiger partial charge in [0.15, 0.2) is 0 Å². The number of carbonyl (C=O) groups excluding carboxylic acids is 1. The first-order valence-electron chi connectivity index (χ1n) is 5.75. The number of nitrogens with zero attached hydrogens (tertiary/aromatic N) is 2. The van der Waals surface area contributed by atoms with Gasteiger partial charge in [0.2, 0.25) is 5.91 Å². The highest BCUT2D eigenvalue weighted by Crippen LogP contribution is 2.26. The van der Waals surface area contributed by atoms with Gasteiger partial charge >= 0.3 is 0 Å². The Morgan fingerprint density at radius 3 is 2.72 bits per heavy atom. The average molecular weight is 261 g/mol. The molecular weight excluding hydrogens is 246 g/mol. The van der Waals surface area contributed by atoms with Gasteiger partial charge in [0.25, 0.3) is 0 Å². The Bertz CT molecular complexity index is 583. The summed E-state index contributed by atoms with van der Waals surface area (Å²) in [4.78, 5) is 19.9. The summed E-state index contributed by atoms with van der Waals surface area (Å²) < 4.78 is 0. The van der Waals surface area contributed by atoms with Crippen LogP contribution < -0.4 is 5.73 Å². The van der Waals surface area contributed by atoms with Crippen LogP contribution in [0.25, 0.3) is 10.9 Å². The molecule has 0 atom stereocenters. The maximum absolute atomic E-state index is 10.9. The van der Waals surface area contributed by atoms with E-state index in [2.05, 4.69) is 9.97 Å². The fourth-order valence-electron chi connectivity index (χ4n) is 1.57. The smallest absolute Gasteiger partial charge is 0.227 e. The van der Waals surface area contributed by atoms with E-state index in [0.29, 0.717) is 0 Å². The zero-order chi connectivity index (χ0) is 13.1. The second kappa shape index (κ2) is 5.35. The van der Waals surface area contributed by atoms with E-state index in [-0.39, 0.29) is 17.6 Å². The van der Waals surface area contributed by atoms with Crippen LogP contribution in [0.4, 0.5) is 0 Å². The predicted octanol–water partition coefficient (Wildman–Crippen LogP) is 2.33. The molecule has 0 aliphatic rings. The van der Waals surface area contributed by atoms with E-state index in [0.717, 1.165) is 21.8 Å². The van der Waals surface area contributed by atoms with Gasteiger partial charge in [-0.25, -0.2) is 9.97 Å². The van der Waals surface area contributed by atoms with Gasteiger partial charge < -0.3 is 5.73 Å². The fraction of sp³-hybridized carbons (Fsp3) is 0.308. The van der Waals surface area contributed by atoms with Crippen molar-refractivity contribution in [3.63, 3.8) is 0 Å². The zero-order valence-electron chi connectivity index (χ0n) is 10.4. The van der Waals surface area contributed by atoms with Crippen LogP contribution in [0.15, 0.2) is 29.3 Å². The number of fused-ring (bicyclic) bond motifs is 1. The van der Waals surface area contributed by atoms with Crippen LogP contribution in [0.5, 0.6) is 0 Å². The first-order valence-corrected chi connectivity index (χ1v) is 6.74. The number of carbonyl (C=O) groups is 1. The molecule has 2 rings (SSSR count). The molecule has 1 aromatic heterocycles. The molecule has 0 fully saturated rings. The van der Waals surface area contributed by atoms with Crippen molar-refractivity contribution in [3.8, 4) is 0 Å². The van der Waals surface area contributed by atoms with Crippen molar-refractivity contribution in [1.82, 2.24) is 9.97 Å². The summed E-state index contributed by atoms with van der Waals surface area (Å²) in [7, 11) is 0. The number of amides is 1. The molecule has 1 amide bonds. The largest absolute Gasteiger partial charge is 0.369 e. The molecule has 18 heavy (non-hydrogen) atoms. The van der Waals surface area contributed by atoms with Gasteiger partial charge in [-0.3, -0.25) is 4.79 Å². The topological polar surface area (TPSA) is 68.9 Å². The van der Waals surface area contributed by atoms with Crippen LogP contribution in [0.3, 0.4) is 0 Å². The van der Waals surface area contributed by atoms with E-state index >= 15 is 0 Å². The quantitative estimate of drug-likeness (QED) is 0.677. The van der Waals surface area contributed by atoms with Crippen molar-refractivity contribution < 1.29 is 4.79 Å². The van der Waals surface area contributed by atoms with Crippen molar-refractivity contribution >= 4 is 28.6 Å². The van der Waals surface area contributed by atoms with Gasteiger partial charge in [-0.1, -0.05) is 43.8 Å². The molecule has 0 saturated heterocycles. The van der Waals surface area contributed by atoms with Gasteiger partial charge in [-0.05, 0) is 6.07 Å². The second-order valence-corrected chi connectivity index (χ2v) is 5.28. The lowest BCUT2D eigenvalue weighted by Crippen LogP contribution is -2.13. The van der Waals surface area contributed by atoms with Crippen molar-refractivity contribution in [2.75, 3.05) is 5.75 Å². The predicted molar refractivity (Wildman–Crippen MR) is 73.5 cm³/mol. The molecule has 0 aliphatic carbocycles. The summed E-state index contributed by atoms with van der Waals surface area (Å²) in [6.07, 6.45) is 0. The summed E-state index contributed by atoms with van der Waals surface area (Å²) >= 11 is 1.36. The molecule has 4 nitrogen and oxygen atoms in total. The third-order valence-electron chi connectivity index (χ3n) is 2.45. The summed E-state index contributed by atoms with van der Waals surface area (Å²) in [6, 6.07) is 7.80. The average Bonchev–Trinajstić information content (AvgIpc) is 2.35. The zero-order valence-corrected chi connectivity index (χ0v) is 11.2. The number of rotatable bonds is 4. The Morgan fingerprint density at radius 1 is 1.33 bits per heavy atom. The normalized spacial score (nSPS) is 11.1. The molecule has 0 radical (unpaired) electrons. The summed E-state index contributed by atoms with van der Waals surface area (Å²) in [5.41, 5.74) is 6.08. The number of benzene rings is 1. The standard InChI is InChI=1S/C13H15N3OS/c1-8(2)12-15-10-6-4-3-5-9(10)13(16-12)18-7-11(14)17/h3-6,8H,7H2,1-2H3,(H2,14,17). The molecule has 1 heterocycles. The number of hydrogen-bond acceptors (Lipinski definition) is 4. The van der Waals surface area contributed by atoms with Crippen LogP contribution in [0.2, 0.25) is 0 Å². The molecule has 0 unspecified atom stereocenters. The molecule has 2 aromatic rings. The van der Waals surface area contributed by atoms with Crippen LogP contribution >= 0.6 is 11.8 Å². The lowest BCUT2D eigenvalue weighted by atomic mass is 10.2. The lowest BCUT2D eigenvalue weighted by Gasteiger charge is -2.09. The Morgan fingerprint density at radius 2 is 2.06 bits per heavy atom. The highest BCUT2D eigenvalue weighted by Gasteiger charge is 2.11. The minimum Gasteiger partial charge on any atom is -0.369 e. The van der Waals surface area contributed by atoms with Crippen molar-refractivity contribution in [2.24, 2.45) is 5.73 Å². The van der Waals surface area contributed by atoms with Crippen LogP contribution in [-0.2, 0) is 4.79 Å². The van der Waals surface area contributed by atoms with E-state index in [1.807, 2.05) is 38.1 Å². The van der Waals surface area contributed by atoms with E-state index < -0.39 is 0 Å². The molecule has 1 aromatic carbocycles. The molecule has 0 bridgehead atoms. The van der Waals surface area contributed by atoms with E-state index in [1.165, 1.54) is 11.8 Å². The number of thioether (sulfide) groups is 1. The lowest BCUT2D eigenvalue weighted by molar-refractivity contribution is -0.115. The van der Waals surface area contributed by atoms with Crippen molar-refractivity contribution in [3.05, 3.63) is 30.1 Å². The SMILES string of the molecule is CC(C)c1nc(SCC(N)=O)c2ccccc2n1. The number of nitrogens with two attached hydrogens (primary N) is 1. The van der Waals surface area contributed by atoms with Gasteiger partial charge in [0, 0.05) is 11.3 Å². The number of hydrogen-bond donors (Lipinski definition) is 1. The molecule has 0 spiro atoms. The van der Waals surface area contributed by atoms with Gasteiger partial charge in [0.1, 0.15) is 10.9 Å². The first kappa shape index (κ1) is 12.8.